The largest absolute Gasteiger partial charge is 0.383 e. The Bertz CT molecular complexity index is 405. The van der Waals surface area contributed by atoms with Crippen LogP contribution in [0, 0.1) is 0 Å². The van der Waals surface area contributed by atoms with Crippen molar-refractivity contribution in [1.29, 1.82) is 0 Å². The lowest BCUT2D eigenvalue weighted by atomic mass is 10.3. The molecule has 0 unspecified atom stereocenters. The molecule has 5 nitrogen and oxygen atoms in total. The molecule has 1 aromatic heterocycles. The number of anilines is 1. The van der Waals surface area contributed by atoms with Gasteiger partial charge in [-0.1, -0.05) is 13.3 Å². The molecule has 96 valence electrons. The Morgan fingerprint density at radius 2 is 2.29 bits per heavy atom. The van der Waals surface area contributed by atoms with Crippen LogP contribution in [-0.4, -0.2) is 22.9 Å². The van der Waals surface area contributed by atoms with E-state index in [1.54, 1.807) is 6.20 Å². The predicted octanol–water partition coefficient (Wildman–Crippen LogP) is 1.57. The number of rotatable bonds is 7. The van der Waals surface area contributed by atoms with Crippen LogP contribution in [0.15, 0.2) is 15.5 Å². The highest BCUT2D eigenvalue weighted by Gasteiger charge is 2.07. The van der Waals surface area contributed by atoms with Gasteiger partial charge in [-0.25, -0.2) is 4.68 Å². The van der Waals surface area contributed by atoms with E-state index in [1.165, 1.54) is 4.68 Å². The summed E-state index contributed by atoms with van der Waals surface area (Å²) in [6.07, 6.45) is 4.55. The van der Waals surface area contributed by atoms with Gasteiger partial charge in [-0.2, -0.15) is 5.10 Å². The van der Waals surface area contributed by atoms with Crippen molar-refractivity contribution in [2.45, 2.75) is 32.7 Å². The van der Waals surface area contributed by atoms with Gasteiger partial charge >= 0.3 is 0 Å². The molecule has 0 fully saturated rings. The molecule has 0 bridgehead atoms. The maximum absolute atomic E-state index is 11.9. The molecular formula is C11H19BrN4O. The summed E-state index contributed by atoms with van der Waals surface area (Å²) in [6.45, 7) is 4.13. The molecule has 1 heterocycles. The van der Waals surface area contributed by atoms with Crippen molar-refractivity contribution >= 4 is 21.6 Å². The van der Waals surface area contributed by atoms with Gasteiger partial charge in [-0.05, 0) is 35.3 Å². The summed E-state index contributed by atoms with van der Waals surface area (Å²) in [5.74, 6) is 0. The molecule has 3 N–H and O–H groups in total. The van der Waals surface area contributed by atoms with E-state index in [1.807, 2.05) is 0 Å². The quantitative estimate of drug-likeness (QED) is 0.750. The summed E-state index contributed by atoms with van der Waals surface area (Å²) in [5.41, 5.74) is 6.05. The van der Waals surface area contributed by atoms with Crippen molar-refractivity contribution in [2.75, 3.05) is 18.4 Å². The molecule has 0 aliphatic carbocycles. The number of halogens is 1. The lowest BCUT2D eigenvalue weighted by Gasteiger charge is -2.09. The summed E-state index contributed by atoms with van der Waals surface area (Å²) in [5, 5.41) is 7.27. The normalized spacial score (nSPS) is 10.5. The SMILES string of the molecule is CCCCn1ncc(NCCCN)c(Br)c1=O. The summed E-state index contributed by atoms with van der Waals surface area (Å²) < 4.78 is 2.03. The minimum Gasteiger partial charge on any atom is -0.383 e. The van der Waals surface area contributed by atoms with E-state index in [0.29, 0.717) is 17.6 Å². The second-order valence-corrected chi connectivity index (χ2v) is 4.62. The fourth-order valence-electron chi connectivity index (χ4n) is 1.38. The average molecular weight is 303 g/mol. The minimum absolute atomic E-state index is 0.0869. The number of nitrogens with one attached hydrogen (secondary N) is 1. The van der Waals surface area contributed by atoms with Gasteiger partial charge in [-0.3, -0.25) is 4.79 Å². The summed E-state index contributed by atoms with van der Waals surface area (Å²) in [4.78, 5) is 11.9. The van der Waals surface area contributed by atoms with Crippen LogP contribution in [0.5, 0.6) is 0 Å². The maximum Gasteiger partial charge on any atom is 0.283 e. The van der Waals surface area contributed by atoms with Gasteiger partial charge in [0.1, 0.15) is 4.47 Å². The van der Waals surface area contributed by atoms with E-state index in [-0.39, 0.29) is 5.56 Å². The zero-order valence-electron chi connectivity index (χ0n) is 10.1. The van der Waals surface area contributed by atoms with Gasteiger partial charge in [0.05, 0.1) is 11.9 Å². The standard InChI is InChI=1S/C11H19BrN4O/c1-2-3-7-16-11(17)10(12)9(8-15-16)14-6-4-5-13/h8,14H,2-7,13H2,1H3. The van der Waals surface area contributed by atoms with Crippen molar-refractivity contribution in [1.82, 2.24) is 9.78 Å². The third-order valence-electron chi connectivity index (χ3n) is 2.40. The van der Waals surface area contributed by atoms with E-state index in [0.717, 1.165) is 31.5 Å². The first kappa shape index (κ1) is 14.2. The van der Waals surface area contributed by atoms with Gasteiger partial charge in [0, 0.05) is 13.1 Å². The van der Waals surface area contributed by atoms with E-state index >= 15 is 0 Å². The van der Waals surface area contributed by atoms with Crippen LogP contribution in [0.2, 0.25) is 0 Å². The van der Waals surface area contributed by atoms with Crippen LogP contribution in [0.3, 0.4) is 0 Å². The van der Waals surface area contributed by atoms with Crippen molar-refractivity contribution in [2.24, 2.45) is 5.73 Å². The van der Waals surface area contributed by atoms with Gasteiger partial charge in [0.25, 0.3) is 5.56 Å². The van der Waals surface area contributed by atoms with E-state index in [4.69, 9.17) is 5.73 Å². The zero-order valence-corrected chi connectivity index (χ0v) is 11.7. The molecule has 0 aliphatic rings. The first-order chi connectivity index (χ1) is 8.20. The van der Waals surface area contributed by atoms with Crippen LogP contribution in [0.1, 0.15) is 26.2 Å². The molecule has 1 aromatic rings. The molecule has 1 rings (SSSR count). The number of aromatic nitrogens is 2. The molecule has 0 aliphatic heterocycles. The number of nitrogens with two attached hydrogens (primary N) is 1. The molecule has 0 aromatic carbocycles. The van der Waals surface area contributed by atoms with Crippen LogP contribution in [0.25, 0.3) is 0 Å². The third-order valence-corrected chi connectivity index (χ3v) is 3.17. The van der Waals surface area contributed by atoms with Crippen LogP contribution < -0.4 is 16.6 Å². The van der Waals surface area contributed by atoms with Gasteiger partial charge in [0.15, 0.2) is 0 Å². The van der Waals surface area contributed by atoms with Crippen molar-refractivity contribution in [3.8, 4) is 0 Å². The average Bonchev–Trinajstić information content (AvgIpc) is 2.34. The van der Waals surface area contributed by atoms with Crippen molar-refractivity contribution < 1.29 is 0 Å². The number of unbranched alkanes of at least 4 members (excludes halogenated alkanes) is 1. The lowest BCUT2D eigenvalue weighted by molar-refractivity contribution is 0.541. The third kappa shape index (κ3) is 4.12. The first-order valence-corrected chi connectivity index (χ1v) is 6.69. The minimum atomic E-state index is -0.0869. The van der Waals surface area contributed by atoms with Gasteiger partial charge in [0.2, 0.25) is 0 Å². The molecule has 0 saturated carbocycles. The number of hydrogen-bond acceptors (Lipinski definition) is 4. The molecule has 0 atom stereocenters. The van der Waals surface area contributed by atoms with E-state index < -0.39 is 0 Å². The van der Waals surface area contributed by atoms with Crippen LogP contribution in [-0.2, 0) is 6.54 Å². The second-order valence-electron chi connectivity index (χ2n) is 3.82. The summed E-state index contributed by atoms with van der Waals surface area (Å²) >= 11 is 3.31. The maximum atomic E-state index is 11.9. The van der Waals surface area contributed by atoms with Gasteiger partial charge in [-0.15, -0.1) is 0 Å². The highest BCUT2D eigenvalue weighted by atomic mass is 79.9. The Labute approximate surface area is 110 Å². The predicted molar refractivity (Wildman–Crippen MR) is 73.3 cm³/mol. The van der Waals surface area contributed by atoms with Crippen molar-refractivity contribution in [3.63, 3.8) is 0 Å². The highest BCUT2D eigenvalue weighted by Crippen LogP contribution is 2.15. The molecule has 17 heavy (non-hydrogen) atoms. The topological polar surface area (TPSA) is 72.9 Å². The first-order valence-electron chi connectivity index (χ1n) is 5.90. The van der Waals surface area contributed by atoms with Crippen LogP contribution >= 0.6 is 15.9 Å². The smallest absolute Gasteiger partial charge is 0.283 e. The Balaban J connectivity index is 2.76. The Kier molecular flexibility index (Phi) is 6.21. The fourth-order valence-corrected chi connectivity index (χ4v) is 1.83. The molecule has 6 heteroatoms. The Hall–Kier alpha value is -0.880. The number of hydrogen-bond donors (Lipinski definition) is 2. The summed E-state index contributed by atoms with van der Waals surface area (Å²) in [7, 11) is 0. The Morgan fingerprint density at radius 1 is 1.53 bits per heavy atom. The monoisotopic (exact) mass is 302 g/mol. The highest BCUT2D eigenvalue weighted by molar-refractivity contribution is 9.10. The van der Waals surface area contributed by atoms with Crippen molar-refractivity contribution in [3.05, 3.63) is 21.0 Å². The molecule has 0 saturated heterocycles. The Morgan fingerprint density at radius 3 is 2.94 bits per heavy atom. The number of aryl methyl sites for hydroxylation is 1. The molecule has 0 amide bonds. The summed E-state index contributed by atoms with van der Waals surface area (Å²) in [6, 6.07) is 0. The van der Waals surface area contributed by atoms with Crippen LogP contribution in [0.4, 0.5) is 5.69 Å². The van der Waals surface area contributed by atoms with E-state index in [2.05, 4.69) is 33.3 Å². The fraction of sp³-hybridized carbons (Fsp3) is 0.636. The second kappa shape index (κ2) is 7.45. The molecule has 0 spiro atoms. The van der Waals surface area contributed by atoms with E-state index in [9.17, 15) is 4.79 Å². The zero-order chi connectivity index (χ0) is 12.7. The number of nitrogens with zero attached hydrogens (tertiary/aromatic N) is 2. The van der Waals surface area contributed by atoms with Gasteiger partial charge < -0.3 is 11.1 Å². The molecular weight excluding hydrogens is 284 g/mol. The lowest BCUT2D eigenvalue weighted by Crippen LogP contribution is -2.24. The molecule has 0 radical (unpaired) electrons.